The number of aromatic nitrogens is 2. The van der Waals surface area contributed by atoms with E-state index in [2.05, 4.69) is 4.98 Å². The minimum atomic E-state index is -1.32. The summed E-state index contributed by atoms with van der Waals surface area (Å²) in [5.41, 5.74) is 1.81. The fourth-order valence-electron chi connectivity index (χ4n) is 2.37. The molecule has 112 valence electrons. The molecule has 0 bridgehead atoms. The summed E-state index contributed by atoms with van der Waals surface area (Å²) in [6.45, 7) is 2.28. The van der Waals surface area contributed by atoms with E-state index in [1.807, 2.05) is 6.92 Å². The van der Waals surface area contributed by atoms with E-state index >= 15 is 0 Å². The SMILES string of the molecule is CCn1cc(C(=O)O)c(=O)c2cc(F)c(-c3cscn3)cc21. The summed E-state index contributed by atoms with van der Waals surface area (Å²) in [5, 5.41) is 10.9. The van der Waals surface area contributed by atoms with E-state index in [1.165, 1.54) is 23.6 Å². The lowest BCUT2D eigenvalue weighted by molar-refractivity contribution is 0.0695. The maximum atomic E-state index is 14.3. The minimum absolute atomic E-state index is 0.0539. The van der Waals surface area contributed by atoms with Gasteiger partial charge in [0, 0.05) is 29.1 Å². The third-order valence-corrected chi connectivity index (χ3v) is 4.03. The van der Waals surface area contributed by atoms with Crippen LogP contribution in [0.5, 0.6) is 0 Å². The molecule has 5 nitrogen and oxygen atoms in total. The fraction of sp³-hybridized carbons (Fsp3) is 0.133. The smallest absolute Gasteiger partial charge is 0.341 e. The van der Waals surface area contributed by atoms with Crippen LogP contribution in [0.2, 0.25) is 0 Å². The molecule has 2 aromatic heterocycles. The van der Waals surface area contributed by atoms with Gasteiger partial charge in [-0.15, -0.1) is 11.3 Å². The molecular weight excluding hydrogens is 307 g/mol. The Labute approximate surface area is 128 Å². The first-order chi connectivity index (χ1) is 10.5. The molecule has 1 N–H and O–H groups in total. The molecule has 0 aliphatic rings. The van der Waals surface area contributed by atoms with E-state index in [-0.39, 0.29) is 10.9 Å². The number of aromatic carboxylic acids is 1. The Bertz CT molecular complexity index is 932. The average molecular weight is 318 g/mol. The number of pyridine rings is 1. The van der Waals surface area contributed by atoms with E-state index in [0.29, 0.717) is 23.3 Å². The molecule has 0 aliphatic carbocycles. The zero-order valence-corrected chi connectivity index (χ0v) is 12.4. The van der Waals surface area contributed by atoms with Gasteiger partial charge in [-0.05, 0) is 19.1 Å². The molecule has 0 radical (unpaired) electrons. The predicted octanol–water partition coefficient (Wildman–Crippen LogP) is 2.98. The Hall–Kier alpha value is -2.54. The van der Waals surface area contributed by atoms with Gasteiger partial charge < -0.3 is 9.67 Å². The standard InChI is InChI=1S/C15H11FN2O3S/c1-2-18-5-10(15(20)21)14(19)9-3-11(16)8(4-13(9)18)12-6-22-7-17-12/h3-7H,2H2,1H3,(H,20,21). The molecule has 0 unspecified atom stereocenters. The van der Waals surface area contributed by atoms with Gasteiger partial charge in [0.05, 0.1) is 16.7 Å². The van der Waals surface area contributed by atoms with E-state index in [9.17, 15) is 14.0 Å². The van der Waals surface area contributed by atoms with Crippen LogP contribution in [0.1, 0.15) is 17.3 Å². The molecule has 0 saturated carbocycles. The highest BCUT2D eigenvalue weighted by molar-refractivity contribution is 7.07. The summed E-state index contributed by atoms with van der Waals surface area (Å²) in [6, 6.07) is 2.63. The third kappa shape index (κ3) is 2.19. The quantitative estimate of drug-likeness (QED) is 0.806. The van der Waals surface area contributed by atoms with Gasteiger partial charge >= 0.3 is 5.97 Å². The average Bonchev–Trinajstić information content (AvgIpc) is 3.01. The maximum Gasteiger partial charge on any atom is 0.341 e. The number of carbonyl (C=O) groups is 1. The van der Waals surface area contributed by atoms with Crippen LogP contribution in [0.4, 0.5) is 4.39 Å². The predicted molar refractivity (Wildman–Crippen MR) is 81.9 cm³/mol. The first-order valence-corrected chi connectivity index (χ1v) is 7.45. The minimum Gasteiger partial charge on any atom is -0.477 e. The van der Waals surface area contributed by atoms with Crippen LogP contribution in [0.15, 0.2) is 34.0 Å². The van der Waals surface area contributed by atoms with E-state index < -0.39 is 17.2 Å². The maximum absolute atomic E-state index is 14.3. The fourth-order valence-corrected chi connectivity index (χ4v) is 2.92. The number of benzene rings is 1. The lowest BCUT2D eigenvalue weighted by atomic mass is 10.1. The van der Waals surface area contributed by atoms with Crippen LogP contribution in [0.3, 0.4) is 0 Å². The molecule has 0 atom stereocenters. The number of fused-ring (bicyclic) bond motifs is 1. The van der Waals surface area contributed by atoms with Gasteiger partial charge in [0.2, 0.25) is 5.43 Å². The van der Waals surface area contributed by atoms with Gasteiger partial charge in [-0.2, -0.15) is 0 Å². The number of aryl methyl sites for hydroxylation is 1. The summed E-state index contributed by atoms with van der Waals surface area (Å²) in [5.74, 6) is -1.92. The molecule has 3 aromatic rings. The highest BCUT2D eigenvalue weighted by Crippen LogP contribution is 2.26. The van der Waals surface area contributed by atoms with E-state index in [1.54, 1.807) is 15.5 Å². The van der Waals surface area contributed by atoms with E-state index in [4.69, 9.17) is 5.11 Å². The van der Waals surface area contributed by atoms with Gasteiger partial charge in [0.15, 0.2) is 0 Å². The normalized spacial score (nSPS) is 11.0. The molecule has 0 saturated heterocycles. The monoisotopic (exact) mass is 318 g/mol. The van der Waals surface area contributed by atoms with Crippen LogP contribution < -0.4 is 5.43 Å². The van der Waals surface area contributed by atoms with Gasteiger partial charge in [0.25, 0.3) is 0 Å². The molecule has 22 heavy (non-hydrogen) atoms. The van der Waals surface area contributed by atoms with Crippen molar-refractivity contribution in [2.45, 2.75) is 13.5 Å². The van der Waals surface area contributed by atoms with Crippen LogP contribution in [-0.2, 0) is 6.54 Å². The van der Waals surface area contributed by atoms with E-state index in [0.717, 1.165) is 6.07 Å². The number of thiazole rings is 1. The Morgan fingerprint density at radius 3 is 2.82 bits per heavy atom. The number of hydrogen-bond donors (Lipinski definition) is 1. The van der Waals surface area contributed by atoms with Crippen molar-refractivity contribution in [1.29, 1.82) is 0 Å². The topological polar surface area (TPSA) is 72.2 Å². The molecule has 0 spiro atoms. The molecule has 1 aromatic carbocycles. The first kappa shape index (κ1) is 14.4. The third-order valence-electron chi connectivity index (χ3n) is 3.45. The summed E-state index contributed by atoms with van der Waals surface area (Å²) >= 11 is 1.34. The van der Waals surface area contributed by atoms with Gasteiger partial charge in [-0.25, -0.2) is 14.2 Å². The molecular formula is C15H11FN2O3S. The summed E-state index contributed by atoms with van der Waals surface area (Å²) in [6.07, 6.45) is 1.29. The molecule has 3 rings (SSSR count). The summed E-state index contributed by atoms with van der Waals surface area (Å²) < 4.78 is 15.9. The van der Waals surface area contributed by atoms with Crippen LogP contribution in [0.25, 0.3) is 22.2 Å². The van der Waals surface area contributed by atoms with Crippen LogP contribution >= 0.6 is 11.3 Å². The van der Waals surface area contributed by atoms with Crippen molar-refractivity contribution >= 4 is 28.2 Å². The van der Waals surface area contributed by atoms with Crippen molar-refractivity contribution in [3.8, 4) is 11.3 Å². The zero-order chi connectivity index (χ0) is 15.9. The number of rotatable bonds is 3. The molecule has 0 fully saturated rings. The second-order valence-electron chi connectivity index (χ2n) is 4.69. The Morgan fingerprint density at radius 2 is 2.23 bits per heavy atom. The highest BCUT2D eigenvalue weighted by Gasteiger charge is 2.17. The number of carboxylic acids is 1. The Balaban J connectivity index is 2.40. The molecule has 0 aliphatic heterocycles. The number of halogens is 1. The zero-order valence-electron chi connectivity index (χ0n) is 11.5. The lowest BCUT2D eigenvalue weighted by Gasteiger charge is -2.11. The number of carboxylic acid groups (broad SMARTS) is 1. The summed E-state index contributed by atoms with van der Waals surface area (Å²) in [7, 11) is 0. The highest BCUT2D eigenvalue weighted by atomic mass is 32.1. The summed E-state index contributed by atoms with van der Waals surface area (Å²) in [4.78, 5) is 27.4. The van der Waals surface area contributed by atoms with Crippen molar-refractivity contribution in [3.05, 3.63) is 50.8 Å². The second kappa shape index (κ2) is 5.34. The van der Waals surface area contributed by atoms with Crippen molar-refractivity contribution < 1.29 is 14.3 Å². The molecule has 2 heterocycles. The molecule has 7 heteroatoms. The molecule has 0 amide bonds. The largest absolute Gasteiger partial charge is 0.477 e. The van der Waals surface area contributed by atoms with Crippen molar-refractivity contribution in [1.82, 2.24) is 9.55 Å². The van der Waals surface area contributed by atoms with Crippen LogP contribution in [-0.4, -0.2) is 20.6 Å². The van der Waals surface area contributed by atoms with Gasteiger partial charge in [-0.3, -0.25) is 4.79 Å². The van der Waals surface area contributed by atoms with Gasteiger partial charge in [0.1, 0.15) is 11.4 Å². The number of hydrogen-bond acceptors (Lipinski definition) is 4. The van der Waals surface area contributed by atoms with Crippen LogP contribution in [0, 0.1) is 5.82 Å². The Kier molecular flexibility index (Phi) is 3.50. The van der Waals surface area contributed by atoms with Crippen molar-refractivity contribution in [2.75, 3.05) is 0 Å². The first-order valence-electron chi connectivity index (χ1n) is 6.51. The van der Waals surface area contributed by atoms with Gasteiger partial charge in [-0.1, -0.05) is 0 Å². The number of nitrogens with zero attached hydrogens (tertiary/aromatic N) is 2. The second-order valence-corrected chi connectivity index (χ2v) is 5.40. The van der Waals surface area contributed by atoms with Crippen molar-refractivity contribution in [3.63, 3.8) is 0 Å². The van der Waals surface area contributed by atoms with Crippen molar-refractivity contribution in [2.24, 2.45) is 0 Å². The Morgan fingerprint density at radius 1 is 1.45 bits per heavy atom. The lowest BCUT2D eigenvalue weighted by Crippen LogP contribution is -2.19.